The maximum Gasteiger partial charge on any atom is 0.254 e. The predicted octanol–water partition coefficient (Wildman–Crippen LogP) is 2.95. The van der Waals surface area contributed by atoms with E-state index in [-0.39, 0.29) is 11.0 Å². The summed E-state index contributed by atoms with van der Waals surface area (Å²) in [7, 11) is 0. The summed E-state index contributed by atoms with van der Waals surface area (Å²) in [5.74, 6) is 0.429. The molecule has 0 aliphatic heterocycles. The number of carbonyl (C=O) groups excluding carboxylic acids is 1. The van der Waals surface area contributed by atoms with Crippen molar-refractivity contribution in [3.8, 4) is 0 Å². The molecular weight excluding hydrogens is 278 g/mol. The first-order valence-corrected chi connectivity index (χ1v) is 7.70. The van der Waals surface area contributed by atoms with Crippen LogP contribution in [0, 0.1) is 5.41 Å². The monoisotopic (exact) mass is 305 g/mol. The van der Waals surface area contributed by atoms with Crippen LogP contribution >= 0.6 is 0 Å². The van der Waals surface area contributed by atoms with Gasteiger partial charge in [0.1, 0.15) is 17.0 Å². The smallest absolute Gasteiger partial charge is 0.254 e. The number of hydrogen-bond donors (Lipinski definition) is 3. The van der Waals surface area contributed by atoms with Crippen LogP contribution in [-0.4, -0.2) is 26.0 Å². The maximum absolute atomic E-state index is 11.5. The first-order chi connectivity index (χ1) is 10.0. The average Bonchev–Trinajstić information content (AvgIpc) is 2.85. The lowest BCUT2D eigenvalue weighted by Gasteiger charge is -2.34. The van der Waals surface area contributed by atoms with E-state index >= 15 is 0 Å². The Labute approximate surface area is 131 Å². The van der Waals surface area contributed by atoms with Gasteiger partial charge in [0.05, 0.1) is 11.9 Å². The Bertz CT molecular complexity index is 687. The molecule has 6 heteroatoms. The maximum atomic E-state index is 11.5. The second-order valence-electron chi connectivity index (χ2n) is 7.73. The van der Waals surface area contributed by atoms with Crippen LogP contribution in [-0.2, 0) is 6.42 Å². The Hall–Kier alpha value is -1.98. The molecule has 22 heavy (non-hydrogen) atoms. The van der Waals surface area contributed by atoms with Gasteiger partial charge in [-0.05, 0) is 32.1 Å². The molecule has 0 unspecified atom stereocenters. The van der Waals surface area contributed by atoms with E-state index in [9.17, 15) is 4.79 Å². The Morgan fingerprint density at radius 2 is 2.00 bits per heavy atom. The van der Waals surface area contributed by atoms with E-state index in [1.165, 1.54) is 6.20 Å². The summed E-state index contributed by atoms with van der Waals surface area (Å²) in [6, 6.07) is 0. The molecule has 0 bridgehead atoms. The molecule has 4 N–H and O–H groups in total. The van der Waals surface area contributed by atoms with E-state index in [1.807, 2.05) is 0 Å². The van der Waals surface area contributed by atoms with E-state index in [0.717, 1.165) is 24.4 Å². The normalized spacial score (nSPS) is 12.8. The zero-order valence-corrected chi connectivity index (χ0v) is 14.4. The predicted molar refractivity (Wildman–Crippen MR) is 89.2 cm³/mol. The van der Waals surface area contributed by atoms with Gasteiger partial charge in [-0.2, -0.15) is 9.61 Å². The minimum atomic E-state index is -0.473. The van der Waals surface area contributed by atoms with E-state index in [0.29, 0.717) is 11.2 Å². The van der Waals surface area contributed by atoms with Gasteiger partial charge in [-0.15, -0.1) is 0 Å². The van der Waals surface area contributed by atoms with Gasteiger partial charge in [-0.25, -0.2) is 0 Å². The fourth-order valence-electron chi connectivity index (χ4n) is 3.22. The van der Waals surface area contributed by atoms with Crippen LogP contribution in [0.25, 0.3) is 5.65 Å². The zero-order valence-electron chi connectivity index (χ0n) is 14.4. The largest absolute Gasteiger partial charge is 0.365 e. The van der Waals surface area contributed by atoms with Crippen LogP contribution in [0.2, 0.25) is 0 Å². The number of fused-ring (bicyclic) bond motifs is 1. The number of H-pyrrole nitrogens is 1. The Morgan fingerprint density at radius 1 is 1.36 bits per heavy atom. The van der Waals surface area contributed by atoms with Gasteiger partial charge in [-0.3, -0.25) is 4.79 Å². The van der Waals surface area contributed by atoms with E-state index in [1.54, 1.807) is 4.52 Å². The van der Waals surface area contributed by atoms with Gasteiger partial charge in [-0.1, -0.05) is 27.7 Å². The number of nitrogens with two attached hydrogens (primary N) is 1. The van der Waals surface area contributed by atoms with Crippen molar-refractivity contribution in [2.75, 3.05) is 5.32 Å². The molecule has 1 amide bonds. The third-order valence-electron chi connectivity index (χ3n) is 3.58. The summed E-state index contributed by atoms with van der Waals surface area (Å²) < 4.78 is 1.74. The van der Waals surface area contributed by atoms with Crippen molar-refractivity contribution < 1.29 is 4.79 Å². The van der Waals surface area contributed by atoms with E-state index < -0.39 is 5.91 Å². The van der Waals surface area contributed by atoms with Crippen LogP contribution in [0.15, 0.2) is 6.20 Å². The molecular formula is C16H27N5O. The van der Waals surface area contributed by atoms with Crippen LogP contribution in [0.3, 0.4) is 0 Å². The number of hydrogen-bond acceptors (Lipinski definition) is 3. The second kappa shape index (κ2) is 5.34. The summed E-state index contributed by atoms with van der Waals surface area (Å²) >= 11 is 0. The highest BCUT2D eigenvalue weighted by molar-refractivity contribution is 5.98. The van der Waals surface area contributed by atoms with E-state index in [2.05, 4.69) is 56.9 Å². The van der Waals surface area contributed by atoms with Gasteiger partial charge in [0.25, 0.3) is 5.91 Å². The minimum Gasteiger partial charge on any atom is -0.365 e. The highest BCUT2D eigenvalue weighted by Crippen LogP contribution is 2.31. The number of aromatic nitrogens is 3. The average molecular weight is 305 g/mol. The number of anilines is 1. The number of aromatic amines is 1. The molecule has 2 heterocycles. The molecule has 122 valence electrons. The second-order valence-corrected chi connectivity index (χ2v) is 7.73. The molecule has 0 aliphatic carbocycles. The summed E-state index contributed by atoms with van der Waals surface area (Å²) in [5, 5.41) is 7.90. The van der Waals surface area contributed by atoms with Crippen LogP contribution in [0.1, 0.15) is 64.0 Å². The highest BCUT2D eigenvalue weighted by atomic mass is 16.1. The molecule has 0 radical (unpaired) electrons. The number of rotatable bonds is 5. The number of carbonyl (C=O) groups is 1. The molecule has 0 aromatic carbocycles. The Morgan fingerprint density at radius 3 is 2.50 bits per heavy atom. The molecule has 0 saturated heterocycles. The van der Waals surface area contributed by atoms with Crippen molar-refractivity contribution in [2.24, 2.45) is 11.1 Å². The Balaban J connectivity index is 2.44. The van der Waals surface area contributed by atoms with Gasteiger partial charge in [0, 0.05) is 5.54 Å². The van der Waals surface area contributed by atoms with Crippen molar-refractivity contribution in [3.05, 3.63) is 17.5 Å². The van der Waals surface area contributed by atoms with Crippen molar-refractivity contribution in [2.45, 2.75) is 59.9 Å². The van der Waals surface area contributed by atoms with Crippen molar-refractivity contribution in [1.29, 1.82) is 0 Å². The third-order valence-corrected chi connectivity index (χ3v) is 3.58. The molecule has 2 aromatic rings. The molecule has 2 aromatic heterocycles. The third kappa shape index (κ3) is 3.26. The van der Waals surface area contributed by atoms with Crippen molar-refractivity contribution in [1.82, 2.24) is 14.6 Å². The van der Waals surface area contributed by atoms with Crippen LogP contribution < -0.4 is 11.1 Å². The van der Waals surface area contributed by atoms with Gasteiger partial charge >= 0.3 is 0 Å². The number of nitrogens with zero attached hydrogens (tertiary/aromatic N) is 2. The first kappa shape index (κ1) is 16.4. The van der Waals surface area contributed by atoms with Crippen LogP contribution in [0.5, 0.6) is 0 Å². The summed E-state index contributed by atoms with van der Waals surface area (Å²) in [4.78, 5) is 14.8. The molecule has 2 rings (SSSR count). The summed E-state index contributed by atoms with van der Waals surface area (Å²) in [5.41, 5.74) is 7.60. The van der Waals surface area contributed by atoms with Gasteiger partial charge in [0.15, 0.2) is 0 Å². The molecule has 0 saturated carbocycles. The van der Waals surface area contributed by atoms with Crippen molar-refractivity contribution >= 4 is 17.4 Å². The number of primary amides is 1. The fraction of sp³-hybridized carbons (Fsp3) is 0.625. The lowest BCUT2D eigenvalue weighted by atomic mass is 9.82. The van der Waals surface area contributed by atoms with Gasteiger partial charge in [0.2, 0.25) is 0 Å². The van der Waals surface area contributed by atoms with Crippen molar-refractivity contribution in [3.63, 3.8) is 0 Å². The molecule has 0 atom stereocenters. The SMILES string of the molecule is CCc1[nH]c2c(C(N)=O)cnn2c1NC(C)(C)CC(C)(C)C. The van der Waals surface area contributed by atoms with Crippen LogP contribution in [0.4, 0.5) is 5.82 Å². The Kier molecular flexibility index (Phi) is 3.98. The quantitative estimate of drug-likeness (QED) is 0.793. The number of amides is 1. The topological polar surface area (TPSA) is 88.2 Å². The molecule has 0 fully saturated rings. The highest BCUT2D eigenvalue weighted by Gasteiger charge is 2.28. The number of nitrogens with one attached hydrogen (secondary N) is 2. The molecule has 6 nitrogen and oxygen atoms in total. The summed E-state index contributed by atoms with van der Waals surface area (Å²) in [6.45, 7) is 13.1. The standard InChI is InChI=1S/C16H27N5O/c1-7-11-14(20-16(5,6)9-15(2,3)4)21-13(19-11)10(8-18-21)12(17)22/h8,19-20H,7,9H2,1-6H3,(H2,17,22). The molecule has 0 spiro atoms. The lowest BCUT2D eigenvalue weighted by Crippen LogP contribution is -2.36. The lowest BCUT2D eigenvalue weighted by molar-refractivity contribution is 0.100. The molecule has 0 aliphatic rings. The minimum absolute atomic E-state index is 0.101. The van der Waals surface area contributed by atoms with E-state index in [4.69, 9.17) is 5.73 Å². The number of imidazole rings is 1. The fourth-order valence-corrected chi connectivity index (χ4v) is 3.22. The van der Waals surface area contributed by atoms with Gasteiger partial charge < -0.3 is 16.0 Å². The number of aryl methyl sites for hydroxylation is 1. The summed E-state index contributed by atoms with van der Waals surface area (Å²) in [6.07, 6.45) is 3.32. The first-order valence-electron chi connectivity index (χ1n) is 7.70. The zero-order chi connectivity index (χ0) is 16.7.